The first-order valence-corrected chi connectivity index (χ1v) is 10.5. The van der Waals surface area contributed by atoms with Crippen molar-refractivity contribution in [2.24, 2.45) is 22.0 Å². The van der Waals surface area contributed by atoms with Crippen molar-refractivity contribution in [1.82, 2.24) is 0 Å². The van der Waals surface area contributed by atoms with Gasteiger partial charge in [0.05, 0.1) is 0 Å². The van der Waals surface area contributed by atoms with Gasteiger partial charge < -0.3 is 5.73 Å². The van der Waals surface area contributed by atoms with Crippen LogP contribution in [0.2, 0.25) is 0 Å². The molecular formula is C26H43N. The Morgan fingerprint density at radius 3 is 2.07 bits per heavy atom. The number of hydrogen-bond acceptors (Lipinski definition) is 1. The van der Waals surface area contributed by atoms with Crippen LogP contribution in [0.1, 0.15) is 81.6 Å². The van der Waals surface area contributed by atoms with Crippen molar-refractivity contribution in [3.63, 3.8) is 0 Å². The SMILES string of the molecule is CC1=C(/C=C/C(=C/C=C/C(=C/CN)C(C)(C)C)C(C)(C)C)C(C)(C)CCC1. The van der Waals surface area contributed by atoms with Crippen molar-refractivity contribution in [2.45, 2.75) is 81.6 Å². The van der Waals surface area contributed by atoms with Gasteiger partial charge in [0.1, 0.15) is 0 Å². The molecule has 0 saturated heterocycles. The largest absolute Gasteiger partial charge is 0.327 e. The quantitative estimate of drug-likeness (QED) is 0.498. The van der Waals surface area contributed by atoms with Gasteiger partial charge in [0.2, 0.25) is 0 Å². The fourth-order valence-electron chi connectivity index (χ4n) is 3.75. The van der Waals surface area contributed by atoms with E-state index in [9.17, 15) is 0 Å². The van der Waals surface area contributed by atoms with Gasteiger partial charge in [0, 0.05) is 6.54 Å². The molecule has 1 nitrogen and oxygen atoms in total. The minimum absolute atomic E-state index is 0.105. The van der Waals surface area contributed by atoms with E-state index in [4.69, 9.17) is 5.73 Å². The van der Waals surface area contributed by atoms with Gasteiger partial charge in [0.15, 0.2) is 0 Å². The maximum atomic E-state index is 5.75. The second-order valence-corrected chi connectivity index (χ2v) is 10.6. The van der Waals surface area contributed by atoms with E-state index in [0.717, 1.165) is 0 Å². The number of rotatable bonds is 5. The van der Waals surface area contributed by atoms with E-state index in [1.165, 1.54) is 36.0 Å². The van der Waals surface area contributed by atoms with Crippen LogP contribution in [0.15, 0.2) is 58.7 Å². The third-order valence-electron chi connectivity index (χ3n) is 5.59. The topological polar surface area (TPSA) is 26.0 Å². The van der Waals surface area contributed by atoms with Crippen LogP contribution in [0, 0.1) is 16.2 Å². The van der Waals surface area contributed by atoms with Crippen LogP contribution in [0.4, 0.5) is 0 Å². The highest BCUT2D eigenvalue weighted by Crippen LogP contribution is 2.41. The Balaban J connectivity index is 3.19. The van der Waals surface area contributed by atoms with Gasteiger partial charge in [-0.15, -0.1) is 0 Å². The van der Waals surface area contributed by atoms with Gasteiger partial charge in [0.25, 0.3) is 0 Å². The summed E-state index contributed by atoms with van der Waals surface area (Å²) in [5.41, 5.74) is 11.9. The molecule has 0 fully saturated rings. The lowest BCUT2D eigenvalue weighted by Gasteiger charge is -2.33. The Kier molecular flexibility index (Phi) is 8.11. The molecule has 2 N–H and O–H groups in total. The van der Waals surface area contributed by atoms with Crippen LogP contribution in [0.5, 0.6) is 0 Å². The number of nitrogens with two attached hydrogens (primary N) is 1. The molecule has 152 valence electrons. The fraction of sp³-hybridized carbons (Fsp3) is 0.615. The average Bonchev–Trinajstić information content (AvgIpc) is 2.48. The van der Waals surface area contributed by atoms with Gasteiger partial charge in [-0.2, -0.15) is 0 Å². The third kappa shape index (κ3) is 7.30. The summed E-state index contributed by atoms with van der Waals surface area (Å²) < 4.78 is 0. The molecule has 0 heterocycles. The maximum absolute atomic E-state index is 5.75. The molecule has 0 bridgehead atoms. The summed E-state index contributed by atoms with van der Waals surface area (Å²) in [6, 6.07) is 0. The Labute approximate surface area is 169 Å². The fourth-order valence-corrected chi connectivity index (χ4v) is 3.75. The van der Waals surface area contributed by atoms with Gasteiger partial charge >= 0.3 is 0 Å². The zero-order chi connectivity index (χ0) is 20.9. The molecule has 0 aromatic rings. The molecule has 0 aromatic heterocycles. The lowest BCUT2D eigenvalue weighted by atomic mass is 9.72. The van der Waals surface area contributed by atoms with Crippen LogP contribution < -0.4 is 5.73 Å². The van der Waals surface area contributed by atoms with Gasteiger partial charge in [-0.3, -0.25) is 0 Å². The lowest BCUT2D eigenvalue weighted by molar-refractivity contribution is 0.376. The third-order valence-corrected chi connectivity index (χ3v) is 5.59. The number of allylic oxidation sites excluding steroid dienone is 9. The zero-order valence-electron chi connectivity index (χ0n) is 19.4. The first kappa shape index (κ1) is 23.7. The van der Waals surface area contributed by atoms with E-state index in [2.05, 4.69) is 98.8 Å². The first-order chi connectivity index (χ1) is 12.3. The summed E-state index contributed by atoms with van der Waals surface area (Å²) in [5, 5.41) is 0. The molecule has 1 aliphatic rings. The highest BCUT2D eigenvalue weighted by atomic mass is 14.5. The predicted octanol–water partition coefficient (Wildman–Crippen LogP) is 7.53. The summed E-state index contributed by atoms with van der Waals surface area (Å²) in [4.78, 5) is 0. The van der Waals surface area contributed by atoms with E-state index in [0.29, 0.717) is 6.54 Å². The summed E-state index contributed by atoms with van der Waals surface area (Å²) >= 11 is 0. The van der Waals surface area contributed by atoms with Crippen molar-refractivity contribution >= 4 is 0 Å². The van der Waals surface area contributed by atoms with Crippen molar-refractivity contribution in [3.05, 3.63) is 58.7 Å². The summed E-state index contributed by atoms with van der Waals surface area (Å²) in [5.74, 6) is 0. The second kappa shape index (κ2) is 9.24. The summed E-state index contributed by atoms with van der Waals surface area (Å²) in [6.45, 7) is 21.2. The Bertz CT molecular complexity index is 649. The van der Waals surface area contributed by atoms with E-state index >= 15 is 0 Å². The first-order valence-electron chi connectivity index (χ1n) is 10.5. The molecular weight excluding hydrogens is 326 g/mol. The molecule has 0 aliphatic heterocycles. The summed E-state index contributed by atoms with van der Waals surface area (Å²) in [7, 11) is 0. The van der Waals surface area contributed by atoms with E-state index < -0.39 is 0 Å². The van der Waals surface area contributed by atoms with Gasteiger partial charge in [-0.05, 0) is 59.2 Å². The van der Waals surface area contributed by atoms with Crippen LogP contribution in [-0.4, -0.2) is 6.54 Å². The molecule has 0 saturated carbocycles. The zero-order valence-corrected chi connectivity index (χ0v) is 19.4. The van der Waals surface area contributed by atoms with Crippen LogP contribution in [0.25, 0.3) is 0 Å². The molecule has 1 aliphatic carbocycles. The van der Waals surface area contributed by atoms with E-state index in [1.54, 1.807) is 5.57 Å². The smallest absolute Gasteiger partial charge is 0.0112 e. The van der Waals surface area contributed by atoms with Crippen molar-refractivity contribution in [1.29, 1.82) is 0 Å². The average molecular weight is 370 g/mol. The Morgan fingerprint density at radius 1 is 1.00 bits per heavy atom. The van der Waals surface area contributed by atoms with E-state index in [-0.39, 0.29) is 16.2 Å². The van der Waals surface area contributed by atoms with Crippen molar-refractivity contribution in [3.8, 4) is 0 Å². The van der Waals surface area contributed by atoms with Crippen molar-refractivity contribution in [2.75, 3.05) is 6.54 Å². The molecule has 0 radical (unpaired) electrons. The predicted molar refractivity (Wildman–Crippen MR) is 123 cm³/mol. The molecule has 0 atom stereocenters. The van der Waals surface area contributed by atoms with Crippen LogP contribution in [0.3, 0.4) is 0 Å². The molecule has 0 unspecified atom stereocenters. The standard InChI is InChI=1S/C26H43N/c1-20-12-11-18-26(8,9)23(20)16-15-21(24(2,3)4)13-10-14-22(17-19-27)25(5,6)7/h10,13-17H,11-12,18-19,27H2,1-9H3/b14-10+,16-15+,21-13-,22-17-. The Morgan fingerprint density at radius 2 is 1.59 bits per heavy atom. The molecule has 1 heteroatoms. The summed E-state index contributed by atoms with van der Waals surface area (Å²) in [6.07, 6.45) is 17.3. The lowest BCUT2D eigenvalue weighted by Crippen LogP contribution is -2.19. The van der Waals surface area contributed by atoms with Gasteiger partial charge in [-0.1, -0.05) is 97.4 Å². The van der Waals surface area contributed by atoms with Gasteiger partial charge in [-0.25, -0.2) is 0 Å². The van der Waals surface area contributed by atoms with E-state index in [1.807, 2.05) is 0 Å². The normalized spacial score (nSPS) is 20.2. The Hall–Kier alpha value is -1.34. The molecule has 0 amide bonds. The minimum atomic E-state index is 0.105. The molecule has 0 spiro atoms. The van der Waals surface area contributed by atoms with Crippen LogP contribution in [-0.2, 0) is 0 Å². The second-order valence-electron chi connectivity index (χ2n) is 10.6. The highest BCUT2D eigenvalue weighted by Gasteiger charge is 2.26. The number of hydrogen-bond donors (Lipinski definition) is 1. The van der Waals surface area contributed by atoms with Crippen molar-refractivity contribution < 1.29 is 0 Å². The van der Waals surface area contributed by atoms with Crippen LogP contribution >= 0.6 is 0 Å². The molecule has 27 heavy (non-hydrogen) atoms. The maximum Gasteiger partial charge on any atom is 0.0112 e. The molecule has 0 aromatic carbocycles. The highest BCUT2D eigenvalue weighted by molar-refractivity contribution is 5.39. The molecule has 1 rings (SSSR count). The minimum Gasteiger partial charge on any atom is -0.327 e. The monoisotopic (exact) mass is 369 g/mol.